The lowest BCUT2D eigenvalue weighted by atomic mass is 9.45. The second-order valence-corrected chi connectivity index (χ2v) is 14.0. The van der Waals surface area contributed by atoms with Crippen molar-refractivity contribution in [1.29, 1.82) is 0 Å². The van der Waals surface area contributed by atoms with E-state index in [9.17, 15) is 19.1 Å². The molecule has 6 rings (SSSR count). The maximum atomic E-state index is 13.7. The van der Waals surface area contributed by atoms with Gasteiger partial charge >= 0.3 is 5.97 Å². The van der Waals surface area contributed by atoms with Gasteiger partial charge in [-0.25, -0.2) is 9.07 Å². The van der Waals surface area contributed by atoms with E-state index in [4.69, 9.17) is 4.74 Å². The molecule has 1 aromatic heterocycles. The number of nitrogens with zero attached hydrogens (tertiary/aromatic N) is 2. The van der Waals surface area contributed by atoms with Gasteiger partial charge < -0.3 is 9.84 Å². The molecule has 3 saturated carbocycles. The van der Waals surface area contributed by atoms with E-state index in [1.807, 2.05) is 17.8 Å². The Morgan fingerprint density at radius 1 is 1.23 bits per heavy atom. The van der Waals surface area contributed by atoms with E-state index < -0.39 is 23.1 Å². The standard InChI is InChI=1S/C32H39FN2O4S/c1-5-40-18-28(38)32(39-19(2)36)13-12-25-24-11-6-21-14-26-20(17-34-35(26)23-9-7-22(33)8-10-23)15-30(21,3)29(24)27(37)16-31(25,32)4/h7-10,14,17,24-25,27,29,37H,5-6,11-13,15-16,18H2,1-4H3/t24?,25-,27?,29+,30?,31?,32?/m0/s1. The Morgan fingerprint density at radius 2 is 1.98 bits per heavy atom. The molecule has 3 fully saturated rings. The molecule has 40 heavy (non-hydrogen) atoms. The average Bonchev–Trinajstić information content (AvgIpc) is 3.43. The largest absolute Gasteiger partial charge is 0.451 e. The van der Waals surface area contributed by atoms with E-state index in [2.05, 4.69) is 25.0 Å². The second kappa shape index (κ2) is 9.83. The summed E-state index contributed by atoms with van der Waals surface area (Å²) in [7, 11) is 0. The second-order valence-electron chi connectivity index (χ2n) is 12.8. The Balaban J connectivity index is 1.35. The first-order valence-corrected chi connectivity index (χ1v) is 15.7. The van der Waals surface area contributed by atoms with Gasteiger partial charge in [0, 0.05) is 12.3 Å². The number of aromatic nitrogens is 2. The number of benzene rings is 1. The Bertz CT molecular complexity index is 1370. The first kappa shape index (κ1) is 27.7. The van der Waals surface area contributed by atoms with Crippen molar-refractivity contribution in [2.24, 2.45) is 28.6 Å². The molecule has 7 atom stereocenters. The number of esters is 1. The summed E-state index contributed by atoms with van der Waals surface area (Å²) in [6, 6.07) is 6.39. The number of halogens is 1. The predicted molar refractivity (Wildman–Crippen MR) is 153 cm³/mol. The molecular formula is C32H39FN2O4S. The van der Waals surface area contributed by atoms with Crippen LogP contribution in [0.4, 0.5) is 4.39 Å². The summed E-state index contributed by atoms with van der Waals surface area (Å²) in [4.78, 5) is 26.1. The lowest BCUT2D eigenvalue weighted by molar-refractivity contribution is -0.198. The minimum absolute atomic E-state index is 0.0108. The molecule has 214 valence electrons. The van der Waals surface area contributed by atoms with Gasteiger partial charge in [-0.05, 0) is 103 Å². The molecule has 0 amide bonds. The van der Waals surface area contributed by atoms with E-state index in [1.54, 1.807) is 23.9 Å². The molecule has 0 spiro atoms. The Morgan fingerprint density at radius 3 is 2.67 bits per heavy atom. The predicted octanol–water partition coefficient (Wildman–Crippen LogP) is 5.79. The van der Waals surface area contributed by atoms with Gasteiger partial charge in [0.25, 0.3) is 0 Å². The fourth-order valence-corrected chi connectivity index (χ4v) is 9.82. The smallest absolute Gasteiger partial charge is 0.303 e. The number of carbonyl (C=O) groups is 2. The topological polar surface area (TPSA) is 81.4 Å². The van der Waals surface area contributed by atoms with Crippen molar-refractivity contribution in [3.8, 4) is 5.69 Å². The van der Waals surface area contributed by atoms with Crippen LogP contribution in [0, 0.1) is 34.4 Å². The molecule has 0 bridgehead atoms. The number of allylic oxidation sites excluding steroid dienone is 1. The summed E-state index contributed by atoms with van der Waals surface area (Å²) < 4.78 is 21.5. The molecule has 0 radical (unpaired) electrons. The molecule has 1 aromatic carbocycles. The molecular weight excluding hydrogens is 527 g/mol. The highest BCUT2D eigenvalue weighted by Gasteiger charge is 2.70. The molecule has 4 aliphatic rings. The molecule has 8 heteroatoms. The molecule has 1 heterocycles. The molecule has 5 unspecified atom stereocenters. The average molecular weight is 567 g/mol. The van der Waals surface area contributed by atoms with Crippen molar-refractivity contribution >= 4 is 29.6 Å². The van der Waals surface area contributed by atoms with Crippen molar-refractivity contribution in [2.75, 3.05) is 11.5 Å². The van der Waals surface area contributed by atoms with Gasteiger partial charge in [-0.1, -0.05) is 26.3 Å². The lowest BCUT2D eigenvalue weighted by Gasteiger charge is -2.60. The third-order valence-corrected chi connectivity index (χ3v) is 11.7. The van der Waals surface area contributed by atoms with E-state index in [-0.39, 0.29) is 34.8 Å². The third kappa shape index (κ3) is 3.96. The van der Waals surface area contributed by atoms with E-state index in [0.29, 0.717) is 18.6 Å². The fourth-order valence-electron chi connectivity index (χ4n) is 9.20. The van der Waals surface area contributed by atoms with E-state index in [1.165, 1.54) is 24.6 Å². The zero-order chi connectivity index (χ0) is 28.4. The lowest BCUT2D eigenvalue weighted by Crippen LogP contribution is -2.63. The monoisotopic (exact) mass is 566 g/mol. The van der Waals surface area contributed by atoms with Crippen LogP contribution in [0.3, 0.4) is 0 Å². The highest BCUT2D eigenvalue weighted by molar-refractivity contribution is 7.99. The van der Waals surface area contributed by atoms with Crippen molar-refractivity contribution in [2.45, 2.75) is 77.9 Å². The van der Waals surface area contributed by atoms with E-state index in [0.717, 1.165) is 48.4 Å². The van der Waals surface area contributed by atoms with Crippen LogP contribution in [0.5, 0.6) is 0 Å². The minimum Gasteiger partial charge on any atom is -0.451 e. The fraction of sp³-hybridized carbons (Fsp3) is 0.594. The van der Waals surface area contributed by atoms with Gasteiger partial charge in [-0.3, -0.25) is 9.59 Å². The molecule has 1 N–H and O–H groups in total. The summed E-state index contributed by atoms with van der Waals surface area (Å²) in [5.74, 6) is 0.898. The molecule has 0 aliphatic heterocycles. The number of aliphatic hydroxyl groups excluding tert-OH is 1. The van der Waals surface area contributed by atoms with Crippen LogP contribution < -0.4 is 0 Å². The number of thioether (sulfide) groups is 1. The van der Waals surface area contributed by atoms with Crippen molar-refractivity contribution < 1.29 is 23.8 Å². The third-order valence-electron chi connectivity index (χ3n) is 10.8. The summed E-state index contributed by atoms with van der Waals surface area (Å²) in [6.45, 7) is 7.81. The van der Waals surface area contributed by atoms with Gasteiger partial charge in [0.15, 0.2) is 11.4 Å². The number of carbonyl (C=O) groups excluding carboxylic acids is 2. The molecule has 2 aromatic rings. The summed E-state index contributed by atoms with van der Waals surface area (Å²) in [5, 5.41) is 16.6. The van der Waals surface area contributed by atoms with Crippen LogP contribution in [-0.2, 0) is 20.7 Å². The Hall–Kier alpha value is -2.45. The number of ether oxygens (including phenoxy) is 1. The molecule has 6 nitrogen and oxygen atoms in total. The summed E-state index contributed by atoms with van der Waals surface area (Å²) >= 11 is 1.56. The minimum atomic E-state index is -1.18. The zero-order valence-corrected chi connectivity index (χ0v) is 24.6. The van der Waals surface area contributed by atoms with Gasteiger partial charge in [-0.15, -0.1) is 0 Å². The van der Waals surface area contributed by atoms with Crippen LogP contribution in [0.2, 0.25) is 0 Å². The number of ketones is 1. The number of hydrogen-bond acceptors (Lipinski definition) is 6. The van der Waals surface area contributed by atoms with Crippen molar-refractivity contribution in [3.05, 3.63) is 53.1 Å². The van der Waals surface area contributed by atoms with Gasteiger partial charge in [0.05, 0.1) is 29.4 Å². The quantitative estimate of drug-likeness (QED) is 0.446. The maximum absolute atomic E-state index is 13.7. The molecule has 4 aliphatic carbocycles. The van der Waals surface area contributed by atoms with Crippen LogP contribution in [0.25, 0.3) is 11.8 Å². The highest BCUT2D eigenvalue weighted by atomic mass is 32.2. The van der Waals surface area contributed by atoms with Crippen LogP contribution >= 0.6 is 11.8 Å². The SMILES string of the molecule is CCSCC(=O)C1(OC(C)=O)CC[C@H]2C3CCC4=Cc5c(cnn5-c5ccc(F)cc5)CC4(C)[C@H]3C(O)CC21C. The molecule has 0 saturated heterocycles. The first-order chi connectivity index (χ1) is 19.0. The first-order valence-electron chi connectivity index (χ1n) is 14.6. The summed E-state index contributed by atoms with van der Waals surface area (Å²) in [6.07, 6.45) is 7.94. The van der Waals surface area contributed by atoms with Crippen molar-refractivity contribution in [1.82, 2.24) is 9.78 Å². The number of Topliss-reactive ketones (excluding diaryl/α,β-unsaturated/α-hetero) is 1. The number of rotatable bonds is 6. The zero-order valence-electron chi connectivity index (χ0n) is 23.8. The van der Waals surface area contributed by atoms with Crippen LogP contribution in [0.15, 0.2) is 36.0 Å². The number of aliphatic hydroxyl groups is 1. The normalized spacial score (nSPS) is 36.1. The Kier molecular flexibility index (Phi) is 6.81. The summed E-state index contributed by atoms with van der Waals surface area (Å²) in [5.41, 5.74) is 2.30. The van der Waals surface area contributed by atoms with Crippen molar-refractivity contribution in [3.63, 3.8) is 0 Å². The maximum Gasteiger partial charge on any atom is 0.303 e. The van der Waals surface area contributed by atoms with Crippen LogP contribution in [0.1, 0.15) is 71.1 Å². The van der Waals surface area contributed by atoms with Gasteiger partial charge in [-0.2, -0.15) is 16.9 Å². The van der Waals surface area contributed by atoms with Gasteiger partial charge in [0.2, 0.25) is 0 Å². The number of fused-ring (bicyclic) bond motifs is 6. The van der Waals surface area contributed by atoms with Crippen LogP contribution in [-0.4, -0.2) is 49.9 Å². The highest BCUT2D eigenvalue weighted by Crippen LogP contribution is 2.68. The van der Waals surface area contributed by atoms with E-state index >= 15 is 0 Å². The Labute approximate surface area is 239 Å². The number of hydrogen-bond donors (Lipinski definition) is 1. The van der Waals surface area contributed by atoms with Gasteiger partial charge in [0.1, 0.15) is 5.82 Å².